The van der Waals surface area contributed by atoms with Crippen LogP contribution in [0.3, 0.4) is 0 Å². The normalized spacial score (nSPS) is 15.8. The van der Waals surface area contributed by atoms with Crippen molar-refractivity contribution in [1.29, 1.82) is 0 Å². The number of nitrogens with zero attached hydrogens (tertiary/aromatic N) is 1. The maximum atomic E-state index is 12.6. The lowest BCUT2D eigenvalue weighted by atomic mass is 10.1. The van der Waals surface area contributed by atoms with Gasteiger partial charge < -0.3 is 19.7 Å². The van der Waals surface area contributed by atoms with Gasteiger partial charge >= 0.3 is 0 Å². The number of hydrogen-bond acceptors (Lipinski definition) is 4. The Morgan fingerprint density at radius 1 is 1.23 bits per heavy atom. The van der Waals surface area contributed by atoms with Crippen molar-refractivity contribution in [3.8, 4) is 11.5 Å². The first-order chi connectivity index (χ1) is 12.5. The van der Waals surface area contributed by atoms with Crippen LogP contribution in [0.2, 0.25) is 0 Å². The lowest BCUT2D eigenvalue weighted by Crippen LogP contribution is -2.45. The molecule has 1 heterocycles. The number of carbonyl (C=O) groups excluding carboxylic acids is 2. The van der Waals surface area contributed by atoms with E-state index in [1.54, 1.807) is 30.0 Å². The van der Waals surface area contributed by atoms with E-state index in [0.29, 0.717) is 36.7 Å². The molecule has 0 spiro atoms. The summed E-state index contributed by atoms with van der Waals surface area (Å²) < 4.78 is 11.4. The third kappa shape index (κ3) is 4.14. The van der Waals surface area contributed by atoms with Crippen LogP contribution in [0.1, 0.15) is 20.3 Å². The van der Waals surface area contributed by atoms with Crippen molar-refractivity contribution >= 4 is 23.2 Å². The molecule has 1 atom stereocenters. The molecule has 6 heteroatoms. The second-order valence-electron chi connectivity index (χ2n) is 6.13. The number of para-hydroxylation sites is 1. The number of fused-ring (bicyclic) bond motifs is 1. The van der Waals surface area contributed by atoms with Crippen molar-refractivity contribution in [2.75, 3.05) is 23.4 Å². The van der Waals surface area contributed by atoms with Crippen LogP contribution in [-0.2, 0) is 9.59 Å². The number of benzene rings is 2. The summed E-state index contributed by atoms with van der Waals surface area (Å²) in [4.78, 5) is 25.5. The minimum absolute atomic E-state index is 0.0998. The number of nitrogens with one attached hydrogen (secondary N) is 1. The summed E-state index contributed by atoms with van der Waals surface area (Å²) in [5, 5.41) is 2.73. The van der Waals surface area contributed by atoms with Crippen LogP contribution < -0.4 is 19.7 Å². The third-order valence-electron chi connectivity index (χ3n) is 4.03. The Labute approximate surface area is 152 Å². The average Bonchev–Trinajstić information content (AvgIpc) is 2.62. The van der Waals surface area contributed by atoms with Crippen molar-refractivity contribution < 1.29 is 19.1 Å². The van der Waals surface area contributed by atoms with Crippen molar-refractivity contribution in [3.63, 3.8) is 0 Å². The predicted molar refractivity (Wildman–Crippen MR) is 99.7 cm³/mol. The van der Waals surface area contributed by atoms with E-state index in [0.717, 1.165) is 5.75 Å². The number of carbonyl (C=O) groups is 2. The lowest BCUT2D eigenvalue weighted by molar-refractivity contribution is -0.125. The number of anilines is 2. The van der Waals surface area contributed by atoms with E-state index >= 15 is 0 Å². The minimum atomic E-state index is -0.538. The predicted octanol–water partition coefficient (Wildman–Crippen LogP) is 3.23. The average molecular weight is 354 g/mol. The summed E-state index contributed by atoms with van der Waals surface area (Å²) in [6.45, 7) is 4.20. The van der Waals surface area contributed by atoms with Crippen LogP contribution in [0.25, 0.3) is 0 Å². The molecule has 0 radical (unpaired) electrons. The molecular weight excluding hydrogens is 332 g/mol. The molecule has 136 valence electrons. The molecule has 2 amide bonds. The zero-order valence-corrected chi connectivity index (χ0v) is 14.9. The van der Waals surface area contributed by atoms with Gasteiger partial charge in [0, 0.05) is 19.2 Å². The molecular formula is C20H22N2O4. The molecule has 0 saturated heterocycles. The Morgan fingerprint density at radius 2 is 2.00 bits per heavy atom. The summed E-state index contributed by atoms with van der Waals surface area (Å²) in [6.07, 6.45) is 0.140. The monoisotopic (exact) mass is 354 g/mol. The molecule has 6 nitrogen and oxygen atoms in total. The van der Waals surface area contributed by atoms with Gasteiger partial charge in [0.2, 0.25) is 5.91 Å². The Balaban J connectivity index is 1.69. The highest BCUT2D eigenvalue weighted by Crippen LogP contribution is 2.36. The number of amides is 2. The molecule has 2 aromatic carbocycles. The topological polar surface area (TPSA) is 67.9 Å². The first-order valence-corrected chi connectivity index (χ1v) is 8.62. The fourth-order valence-electron chi connectivity index (χ4n) is 2.85. The van der Waals surface area contributed by atoms with Crippen molar-refractivity contribution in [1.82, 2.24) is 0 Å². The van der Waals surface area contributed by atoms with Crippen LogP contribution in [-0.4, -0.2) is 31.1 Å². The van der Waals surface area contributed by atoms with Gasteiger partial charge in [0.25, 0.3) is 5.91 Å². The summed E-state index contributed by atoms with van der Waals surface area (Å²) in [5.41, 5.74) is 1.30. The maximum absolute atomic E-state index is 12.6. The highest BCUT2D eigenvalue weighted by Gasteiger charge is 2.31. The van der Waals surface area contributed by atoms with Gasteiger partial charge in [-0.2, -0.15) is 0 Å². The molecule has 0 saturated carbocycles. The lowest BCUT2D eigenvalue weighted by Gasteiger charge is -2.33. The molecule has 3 rings (SSSR count). The Bertz CT molecular complexity index is 792. The second-order valence-corrected chi connectivity index (χ2v) is 6.13. The van der Waals surface area contributed by atoms with Crippen molar-refractivity contribution in [2.45, 2.75) is 26.4 Å². The first-order valence-electron chi connectivity index (χ1n) is 8.62. The molecule has 1 unspecified atom stereocenters. The van der Waals surface area contributed by atoms with Crippen LogP contribution in [0.4, 0.5) is 11.4 Å². The van der Waals surface area contributed by atoms with Gasteiger partial charge in [0.1, 0.15) is 11.5 Å². The molecule has 26 heavy (non-hydrogen) atoms. The zero-order valence-electron chi connectivity index (χ0n) is 14.9. The molecule has 2 aromatic rings. The van der Waals surface area contributed by atoms with E-state index < -0.39 is 6.10 Å². The van der Waals surface area contributed by atoms with E-state index in [1.165, 1.54) is 6.92 Å². The van der Waals surface area contributed by atoms with Crippen LogP contribution in [0.5, 0.6) is 11.5 Å². The Morgan fingerprint density at radius 3 is 2.73 bits per heavy atom. The third-order valence-corrected chi connectivity index (χ3v) is 4.03. The van der Waals surface area contributed by atoms with Gasteiger partial charge in [-0.3, -0.25) is 9.59 Å². The minimum Gasteiger partial charge on any atom is -0.494 e. The summed E-state index contributed by atoms with van der Waals surface area (Å²) >= 11 is 0. The van der Waals surface area contributed by atoms with Gasteiger partial charge in [-0.1, -0.05) is 18.2 Å². The van der Waals surface area contributed by atoms with E-state index in [4.69, 9.17) is 9.47 Å². The first kappa shape index (κ1) is 17.8. The Hall–Kier alpha value is -3.02. The van der Waals surface area contributed by atoms with E-state index in [-0.39, 0.29) is 11.8 Å². The SMILES string of the molecule is CC(=O)Nc1ccc2c(c1)N(CCCOc1ccccc1)C(=O)C(C)O2. The molecule has 0 aliphatic carbocycles. The van der Waals surface area contributed by atoms with Gasteiger partial charge in [-0.25, -0.2) is 0 Å². The second kappa shape index (κ2) is 7.91. The number of hydrogen-bond donors (Lipinski definition) is 1. The fraction of sp³-hybridized carbons (Fsp3) is 0.300. The number of ether oxygens (including phenoxy) is 2. The van der Waals surface area contributed by atoms with Crippen LogP contribution in [0, 0.1) is 0 Å². The van der Waals surface area contributed by atoms with Gasteiger partial charge in [-0.05, 0) is 43.7 Å². The van der Waals surface area contributed by atoms with Crippen molar-refractivity contribution in [3.05, 3.63) is 48.5 Å². The molecule has 0 fully saturated rings. The molecule has 0 aromatic heterocycles. The van der Waals surface area contributed by atoms with E-state index in [1.807, 2.05) is 30.3 Å². The quantitative estimate of drug-likeness (QED) is 0.809. The highest BCUT2D eigenvalue weighted by atomic mass is 16.5. The van der Waals surface area contributed by atoms with Gasteiger partial charge in [-0.15, -0.1) is 0 Å². The summed E-state index contributed by atoms with van der Waals surface area (Å²) in [6, 6.07) is 14.9. The smallest absolute Gasteiger partial charge is 0.267 e. The van der Waals surface area contributed by atoms with Crippen LogP contribution >= 0.6 is 0 Å². The summed E-state index contributed by atoms with van der Waals surface area (Å²) in [7, 11) is 0. The summed E-state index contributed by atoms with van der Waals surface area (Å²) in [5.74, 6) is 1.18. The fourth-order valence-corrected chi connectivity index (χ4v) is 2.85. The van der Waals surface area contributed by atoms with E-state index in [9.17, 15) is 9.59 Å². The Kier molecular flexibility index (Phi) is 5.41. The molecule has 1 aliphatic rings. The molecule has 1 N–H and O–H groups in total. The standard InChI is InChI=1S/C20H22N2O4/c1-14-20(24)22(11-6-12-25-17-7-4-3-5-8-17)18-13-16(21-15(2)23)9-10-19(18)26-14/h3-5,7-10,13-14H,6,11-12H2,1-2H3,(H,21,23). The molecule has 1 aliphatic heterocycles. The van der Waals surface area contributed by atoms with Gasteiger partial charge in [0.15, 0.2) is 6.10 Å². The number of rotatable bonds is 6. The maximum Gasteiger partial charge on any atom is 0.267 e. The van der Waals surface area contributed by atoms with E-state index in [2.05, 4.69) is 5.32 Å². The highest BCUT2D eigenvalue weighted by molar-refractivity contribution is 6.01. The van der Waals surface area contributed by atoms with Crippen molar-refractivity contribution in [2.24, 2.45) is 0 Å². The molecule has 0 bridgehead atoms. The zero-order chi connectivity index (χ0) is 18.5. The largest absolute Gasteiger partial charge is 0.494 e. The van der Waals surface area contributed by atoms with Crippen LogP contribution in [0.15, 0.2) is 48.5 Å². The van der Waals surface area contributed by atoms with Gasteiger partial charge in [0.05, 0.1) is 12.3 Å².